The molecule has 0 aromatic rings. The molecular weight excluding hydrogens is 1040 g/mol. The van der Waals surface area contributed by atoms with Gasteiger partial charge < -0.3 is 98.8 Å². The van der Waals surface area contributed by atoms with E-state index in [9.17, 15) is 70.6 Å². The van der Waals surface area contributed by atoms with Crippen molar-refractivity contribution >= 4 is 17.9 Å². The SMILES string of the molecule is CC(=O)OC(C)C(C)C(=O)OCC12C3CC4(C)C(=CCC5C6(C)CCC(OC7OC(C(=O)O)C(OC8OC(C[O-])C(O)C(O)C8O)C(O)C7OC7OCC(O)C(O)C7O)C(C)(CO)C6CCC54C)C1CC(C)(C)C(O3)C2O.[Na+]. The molecule has 4 saturated carbocycles. The van der Waals surface area contributed by atoms with Crippen LogP contribution in [-0.2, 0) is 57.0 Å². The summed E-state index contributed by atoms with van der Waals surface area (Å²) in [6.07, 6.45) is -23.2. The third-order valence-electron chi connectivity index (χ3n) is 21.3. The number of ether oxygens (including phenoxy) is 9. The van der Waals surface area contributed by atoms with Gasteiger partial charge in [-0.25, -0.2) is 4.79 Å². The Labute approximate surface area is 476 Å². The zero-order chi connectivity index (χ0) is 56.4. The summed E-state index contributed by atoms with van der Waals surface area (Å²) in [5, 5.41) is 122. The normalized spacial score (nSPS) is 51.0. The zero-order valence-electron chi connectivity index (χ0n) is 46.4. The van der Waals surface area contributed by atoms with Gasteiger partial charge in [0.2, 0.25) is 0 Å². The average molecular weight is 1120 g/mol. The Morgan fingerprint density at radius 1 is 0.782 bits per heavy atom. The van der Waals surface area contributed by atoms with Gasteiger partial charge in [0.05, 0.1) is 55.1 Å². The minimum absolute atomic E-state index is 0. The molecule has 4 saturated heterocycles. The molecule has 4 heterocycles. The van der Waals surface area contributed by atoms with Gasteiger partial charge in [0.15, 0.2) is 25.0 Å². The molecule has 78 heavy (non-hydrogen) atoms. The zero-order valence-corrected chi connectivity index (χ0v) is 48.4. The smallest absolute Gasteiger partial charge is 0.853 e. The molecular formula is C54H83NaO23. The van der Waals surface area contributed by atoms with Crippen molar-refractivity contribution in [3.63, 3.8) is 0 Å². The molecule has 0 aromatic heterocycles. The van der Waals surface area contributed by atoms with Gasteiger partial charge in [-0.2, -0.15) is 0 Å². The molecule has 23 nitrogen and oxygen atoms in total. The van der Waals surface area contributed by atoms with Gasteiger partial charge in [-0.05, 0) is 98.2 Å². The van der Waals surface area contributed by atoms with Crippen LogP contribution in [0.1, 0.15) is 107 Å². The molecule has 24 heteroatoms. The number of allylic oxidation sites excluding steroid dienone is 2. The Hall–Kier alpha value is -1.53. The Morgan fingerprint density at radius 3 is 2.09 bits per heavy atom. The molecule has 0 aromatic carbocycles. The van der Waals surface area contributed by atoms with Crippen molar-refractivity contribution in [2.24, 2.45) is 56.2 Å². The van der Waals surface area contributed by atoms with Crippen molar-refractivity contribution in [2.45, 2.75) is 224 Å². The summed E-state index contributed by atoms with van der Waals surface area (Å²) in [4.78, 5) is 38.4. The van der Waals surface area contributed by atoms with E-state index in [1.165, 1.54) is 12.5 Å². The van der Waals surface area contributed by atoms with E-state index in [-0.39, 0.29) is 65.9 Å². The number of aliphatic hydroxyl groups excluding tert-OH is 9. The molecule has 28 unspecified atom stereocenters. The molecule has 10 N–H and O–H groups in total. The van der Waals surface area contributed by atoms with Gasteiger partial charge in [0.1, 0.15) is 67.6 Å². The maximum Gasteiger partial charge on any atom is 1.00 e. The molecule has 9 aliphatic rings. The van der Waals surface area contributed by atoms with Crippen molar-refractivity contribution in [1.82, 2.24) is 0 Å². The molecule has 0 radical (unpaired) electrons. The third kappa shape index (κ3) is 9.81. The van der Waals surface area contributed by atoms with E-state index in [1.54, 1.807) is 13.8 Å². The van der Waals surface area contributed by atoms with Crippen molar-refractivity contribution < 1.29 is 143 Å². The number of carboxylic acids is 1. The quantitative estimate of drug-likeness (QED) is 0.0341. The number of aliphatic carboxylic acids is 1. The van der Waals surface area contributed by atoms with Crippen molar-refractivity contribution in [3.05, 3.63) is 11.6 Å². The maximum absolute atomic E-state index is 13.6. The third-order valence-corrected chi connectivity index (χ3v) is 21.3. The fraction of sp³-hybridized carbons (Fsp3) is 0.907. The van der Waals surface area contributed by atoms with E-state index in [0.717, 1.165) is 0 Å². The largest absolute Gasteiger partial charge is 1.00 e. The molecule has 2 bridgehead atoms. The number of rotatable bonds is 14. The first-order valence-corrected chi connectivity index (χ1v) is 27.4. The van der Waals surface area contributed by atoms with Crippen molar-refractivity contribution in [1.29, 1.82) is 0 Å². The molecule has 4 aliphatic heterocycles. The van der Waals surface area contributed by atoms with E-state index < -0.39 is 181 Å². The van der Waals surface area contributed by atoms with E-state index in [1.807, 2.05) is 6.92 Å². The minimum Gasteiger partial charge on any atom is -0.853 e. The summed E-state index contributed by atoms with van der Waals surface area (Å²) in [5.74, 6) is -3.85. The number of hydrogen-bond acceptors (Lipinski definition) is 22. The monoisotopic (exact) mass is 1120 g/mol. The summed E-state index contributed by atoms with van der Waals surface area (Å²) in [7, 11) is 0. The Kier molecular flexibility index (Phi) is 18.0. The van der Waals surface area contributed by atoms with Gasteiger partial charge >= 0.3 is 47.5 Å². The fourth-order valence-corrected chi connectivity index (χ4v) is 16.5. The second-order valence-corrected chi connectivity index (χ2v) is 25.8. The minimum atomic E-state index is -2.11. The molecule has 0 spiro atoms. The van der Waals surface area contributed by atoms with Crippen LogP contribution in [0.3, 0.4) is 0 Å². The van der Waals surface area contributed by atoms with Gasteiger partial charge in [-0.3, -0.25) is 9.59 Å². The molecule has 28 atom stereocenters. The second-order valence-electron chi connectivity index (χ2n) is 25.8. The molecule has 0 amide bonds. The predicted octanol–water partition coefficient (Wildman–Crippen LogP) is -4.21. The fourth-order valence-electron chi connectivity index (χ4n) is 16.5. The van der Waals surface area contributed by atoms with E-state index in [4.69, 9.17) is 42.6 Å². The summed E-state index contributed by atoms with van der Waals surface area (Å²) in [6.45, 7) is 15.6. The molecule has 5 aliphatic carbocycles. The second kappa shape index (κ2) is 22.5. The summed E-state index contributed by atoms with van der Waals surface area (Å²) >= 11 is 0. The van der Waals surface area contributed by atoms with Gasteiger partial charge in [0, 0.05) is 12.3 Å². The topological polar surface area (TPSA) is 360 Å². The first kappa shape index (κ1) is 62.5. The molecule has 8 fully saturated rings. The van der Waals surface area contributed by atoms with Crippen LogP contribution in [0.2, 0.25) is 0 Å². The number of carbonyl (C=O) groups is 3. The van der Waals surface area contributed by atoms with Crippen LogP contribution in [0, 0.1) is 56.2 Å². The number of hydrogen-bond donors (Lipinski definition) is 10. The Balaban J connectivity index is 0.00000803. The number of carbonyl (C=O) groups excluding carboxylic acids is 2. The van der Waals surface area contributed by atoms with E-state index in [2.05, 4.69) is 40.7 Å². The van der Waals surface area contributed by atoms with Crippen LogP contribution in [0.4, 0.5) is 0 Å². The molecule has 438 valence electrons. The summed E-state index contributed by atoms with van der Waals surface area (Å²) < 4.78 is 54.2. The first-order valence-electron chi connectivity index (χ1n) is 27.4. The average Bonchev–Trinajstić information content (AvgIpc) is 3.34. The maximum atomic E-state index is 13.6. The standard InChI is InChI=1S/C54H83O23.Na/c1-22(23(2)71-24(3)57)45(68)70-21-54-26-16-49(4,5)43(42(54)65)73-32(54)17-53(9)25(26)10-11-30-50(6)14-13-31(51(7,20-56)29(50)12-15-52(30,53)8)74-48-40(76-46-36(62)33(59)27(58)19-69-46)38(64)39(41(77-48)44(66)67)75-47-37(63)35(61)34(60)28(18-55)72-47;/h10,22-23,26-43,46-48,56,58-65H,11-21H2,1-9H3,(H,66,67);/q-1;+1. The Bertz CT molecular complexity index is 2240. The van der Waals surface area contributed by atoms with Crippen LogP contribution in [0.5, 0.6) is 0 Å². The van der Waals surface area contributed by atoms with Crippen molar-refractivity contribution in [3.8, 4) is 0 Å². The Morgan fingerprint density at radius 2 is 1.45 bits per heavy atom. The van der Waals surface area contributed by atoms with Crippen LogP contribution in [0.25, 0.3) is 0 Å². The van der Waals surface area contributed by atoms with Gasteiger partial charge in [0.25, 0.3) is 0 Å². The number of fused-ring (bicyclic) bond motifs is 7. The molecule has 9 rings (SSSR count). The van der Waals surface area contributed by atoms with Crippen LogP contribution in [0.15, 0.2) is 11.6 Å². The number of aliphatic hydroxyl groups is 9. The first-order chi connectivity index (χ1) is 36.0. The van der Waals surface area contributed by atoms with Gasteiger partial charge in [-0.1, -0.05) is 53.2 Å². The number of carboxylic acid groups (broad SMARTS) is 1. The van der Waals surface area contributed by atoms with Crippen LogP contribution in [-0.4, -0.2) is 212 Å². The van der Waals surface area contributed by atoms with Crippen molar-refractivity contribution in [2.75, 3.05) is 26.4 Å². The van der Waals surface area contributed by atoms with Crippen LogP contribution >= 0.6 is 0 Å². The van der Waals surface area contributed by atoms with Crippen LogP contribution < -0.4 is 34.7 Å². The van der Waals surface area contributed by atoms with E-state index in [0.29, 0.717) is 44.9 Å². The van der Waals surface area contributed by atoms with Gasteiger partial charge in [-0.15, -0.1) is 6.61 Å². The summed E-state index contributed by atoms with van der Waals surface area (Å²) in [5.41, 5.74) is -2.42. The predicted molar refractivity (Wildman–Crippen MR) is 259 cm³/mol. The summed E-state index contributed by atoms with van der Waals surface area (Å²) in [6, 6.07) is 0. The van der Waals surface area contributed by atoms with E-state index >= 15 is 0 Å². The number of esters is 2.